The van der Waals surface area contributed by atoms with Gasteiger partial charge in [0.2, 0.25) is 0 Å². The van der Waals surface area contributed by atoms with E-state index in [1.165, 1.54) is 0 Å². The second kappa shape index (κ2) is 7.30. The molecular formula is C23H21FIN5O. The first kappa shape index (κ1) is 19.2. The number of piperidine rings is 3. The molecule has 0 unspecified atom stereocenters. The van der Waals surface area contributed by atoms with Gasteiger partial charge in [-0.1, -0.05) is 12.1 Å². The predicted molar refractivity (Wildman–Crippen MR) is 129 cm³/mol. The molecule has 3 N–H and O–H groups in total. The van der Waals surface area contributed by atoms with Crippen molar-refractivity contribution < 1.29 is 4.39 Å². The van der Waals surface area contributed by atoms with Crippen molar-refractivity contribution in [2.75, 3.05) is 25.0 Å². The maximum Gasteiger partial charge on any atom is 0.261 e. The van der Waals surface area contributed by atoms with Crippen molar-refractivity contribution in [2.24, 2.45) is 5.92 Å². The van der Waals surface area contributed by atoms with E-state index in [-0.39, 0.29) is 17.4 Å². The number of fused-ring (bicyclic) bond motifs is 5. The van der Waals surface area contributed by atoms with E-state index < -0.39 is 0 Å². The number of para-hydroxylation sites is 2. The average Bonchev–Trinajstić information content (AvgIpc) is 3.20. The van der Waals surface area contributed by atoms with Crippen LogP contribution >= 0.6 is 22.6 Å². The van der Waals surface area contributed by atoms with Gasteiger partial charge in [-0.3, -0.25) is 4.79 Å². The predicted octanol–water partition coefficient (Wildman–Crippen LogP) is 4.32. The van der Waals surface area contributed by atoms with Crippen LogP contribution < -0.4 is 10.9 Å². The number of aromatic amines is 2. The van der Waals surface area contributed by atoms with Crippen molar-refractivity contribution in [2.45, 2.75) is 18.9 Å². The topological polar surface area (TPSA) is 76.8 Å². The van der Waals surface area contributed by atoms with Crippen LogP contribution in [-0.4, -0.2) is 45.5 Å². The quantitative estimate of drug-likeness (QED) is 0.346. The zero-order chi connectivity index (χ0) is 21.1. The lowest BCUT2D eigenvalue weighted by Gasteiger charge is -2.45. The molecule has 2 bridgehead atoms. The van der Waals surface area contributed by atoms with Gasteiger partial charge in [-0.15, -0.1) is 0 Å². The summed E-state index contributed by atoms with van der Waals surface area (Å²) < 4.78 is 15.9. The molecule has 3 aliphatic heterocycles. The summed E-state index contributed by atoms with van der Waals surface area (Å²) in [5.74, 6) is 0.649. The van der Waals surface area contributed by atoms with Crippen LogP contribution in [0.1, 0.15) is 12.8 Å². The van der Waals surface area contributed by atoms with Crippen LogP contribution in [-0.2, 0) is 0 Å². The zero-order valence-electron chi connectivity index (χ0n) is 16.7. The van der Waals surface area contributed by atoms with E-state index in [0.29, 0.717) is 37.5 Å². The molecule has 0 radical (unpaired) electrons. The first-order chi connectivity index (χ1) is 15.1. The molecule has 158 valence electrons. The monoisotopic (exact) mass is 529 g/mol. The summed E-state index contributed by atoms with van der Waals surface area (Å²) in [4.78, 5) is 26.5. The van der Waals surface area contributed by atoms with Crippen LogP contribution in [0, 0.1) is 15.3 Å². The molecule has 2 aromatic carbocycles. The number of anilines is 1. The third-order valence-electron chi connectivity index (χ3n) is 6.68. The number of nitrogens with zero attached hydrogens (tertiary/aromatic N) is 2. The average molecular weight is 529 g/mol. The number of rotatable bonds is 3. The molecule has 3 fully saturated rings. The molecule has 7 rings (SSSR count). The van der Waals surface area contributed by atoms with Gasteiger partial charge >= 0.3 is 0 Å². The largest absolute Gasteiger partial charge is 0.379 e. The third-order valence-corrected chi connectivity index (χ3v) is 7.52. The fraction of sp³-hybridized carbons (Fsp3) is 0.304. The third kappa shape index (κ3) is 3.15. The van der Waals surface area contributed by atoms with E-state index in [4.69, 9.17) is 0 Å². The van der Waals surface area contributed by atoms with Crippen LogP contribution in [0.15, 0.2) is 41.2 Å². The summed E-state index contributed by atoms with van der Waals surface area (Å²) >= 11 is 2.00. The minimum Gasteiger partial charge on any atom is -0.379 e. The molecule has 0 aliphatic carbocycles. The summed E-state index contributed by atoms with van der Waals surface area (Å²) in [5.41, 5.74) is 2.72. The van der Waals surface area contributed by atoms with Gasteiger partial charge in [0.25, 0.3) is 5.56 Å². The van der Waals surface area contributed by atoms with Crippen LogP contribution in [0.2, 0.25) is 0 Å². The minimum absolute atomic E-state index is 0.174. The van der Waals surface area contributed by atoms with Crippen molar-refractivity contribution >= 4 is 50.2 Å². The Labute approximate surface area is 191 Å². The molecule has 8 heteroatoms. The molecule has 5 heterocycles. The molecule has 2 aromatic heterocycles. The lowest BCUT2D eigenvalue weighted by atomic mass is 9.83. The molecule has 4 aromatic rings. The van der Waals surface area contributed by atoms with Gasteiger partial charge in [0.1, 0.15) is 17.2 Å². The molecular weight excluding hydrogens is 508 g/mol. The van der Waals surface area contributed by atoms with Gasteiger partial charge in [-0.05, 0) is 78.7 Å². The van der Waals surface area contributed by atoms with Crippen molar-refractivity contribution in [3.63, 3.8) is 0 Å². The van der Waals surface area contributed by atoms with Crippen LogP contribution in [0.3, 0.4) is 0 Å². The van der Waals surface area contributed by atoms with E-state index in [1.807, 2.05) is 46.9 Å². The van der Waals surface area contributed by atoms with Crippen molar-refractivity contribution in [3.8, 4) is 11.4 Å². The fourth-order valence-electron chi connectivity index (χ4n) is 5.08. The summed E-state index contributed by atoms with van der Waals surface area (Å²) in [7, 11) is 0. The number of halogens is 2. The second-order valence-electron chi connectivity index (χ2n) is 8.48. The summed E-state index contributed by atoms with van der Waals surface area (Å²) in [6, 6.07) is 11.3. The van der Waals surface area contributed by atoms with E-state index in [0.717, 1.165) is 43.5 Å². The lowest BCUT2D eigenvalue weighted by molar-refractivity contribution is 0.0976. The highest BCUT2D eigenvalue weighted by atomic mass is 127. The number of benzene rings is 2. The van der Waals surface area contributed by atoms with Crippen molar-refractivity contribution in [1.29, 1.82) is 0 Å². The van der Waals surface area contributed by atoms with Gasteiger partial charge in [0.05, 0.1) is 27.6 Å². The summed E-state index contributed by atoms with van der Waals surface area (Å²) in [6.07, 6.45) is 2.25. The molecule has 1 atom stereocenters. The smallest absolute Gasteiger partial charge is 0.261 e. The van der Waals surface area contributed by atoms with Gasteiger partial charge in [0, 0.05) is 16.2 Å². The van der Waals surface area contributed by atoms with E-state index in [9.17, 15) is 4.79 Å². The number of nitrogens with one attached hydrogen (secondary N) is 3. The number of aromatic nitrogens is 3. The highest BCUT2D eigenvalue weighted by Crippen LogP contribution is 2.37. The lowest BCUT2D eigenvalue weighted by Crippen LogP contribution is -2.53. The maximum absolute atomic E-state index is 15.4. The first-order valence-electron chi connectivity index (χ1n) is 10.6. The van der Waals surface area contributed by atoms with E-state index in [1.54, 1.807) is 12.1 Å². The highest BCUT2D eigenvalue weighted by Gasteiger charge is 2.35. The zero-order valence-corrected chi connectivity index (χ0v) is 18.9. The fourth-order valence-corrected chi connectivity index (χ4v) is 5.53. The van der Waals surface area contributed by atoms with Gasteiger partial charge in [-0.2, -0.15) is 0 Å². The second-order valence-corrected chi connectivity index (χ2v) is 9.64. The van der Waals surface area contributed by atoms with E-state index >= 15 is 4.39 Å². The Balaban J connectivity index is 1.60. The molecule has 3 saturated heterocycles. The summed E-state index contributed by atoms with van der Waals surface area (Å²) in [5, 5.41) is 4.03. The molecule has 0 spiro atoms. The Bertz CT molecular complexity index is 1340. The van der Waals surface area contributed by atoms with Crippen LogP contribution in [0.5, 0.6) is 0 Å². The molecule has 6 nitrogen and oxygen atoms in total. The van der Waals surface area contributed by atoms with E-state index in [2.05, 4.69) is 25.2 Å². The maximum atomic E-state index is 15.4. The Morgan fingerprint density at radius 1 is 1.10 bits per heavy atom. The Kier molecular flexibility index (Phi) is 4.53. The molecule has 31 heavy (non-hydrogen) atoms. The van der Waals surface area contributed by atoms with Gasteiger partial charge < -0.3 is 20.2 Å². The SMILES string of the molecule is O=c1[nH]c2ccc(I)c(F)c2c(N[C@H]2CN3CCC2CC3)c1-c1nc2ccccc2[nH]1. The Morgan fingerprint density at radius 2 is 1.90 bits per heavy atom. The Hall–Kier alpha value is -2.46. The van der Waals surface area contributed by atoms with Gasteiger partial charge in [0.15, 0.2) is 0 Å². The Morgan fingerprint density at radius 3 is 2.65 bits per heavy atom. The van der Waals surface area contributed by atoms with Crippen LogP contribution in [0.25, 0.3) is 33.3 Å². The minimum atomic E-state index is -0.324. The van der Waals surface area contributed by atoms with Crippen LogP contribution in [0.4, 0.5) is 10.1 Å². The number of hydrogen-bond donors (Lipinski definition) is 3. The van der Waals surface area contributed by atoms with Crippen molar-refractivity contribution in [3.05, 3.63) is 56.1 Å². The number of H-pyrrole nitrogens is 2. The standard InChI is InChI=1S/C23H21FIN5O/c24-20-13(25)5-6-16-18(20)21(26-17-11-30-9-7-12(17)8-10-30)19(23(31)29-16)22-27-14-3-1-2-4-15(14)28-22/h1-6,12,17H,7-11H2,(H,27,28)(H2,26,29,31)/t17-/m0/s1. The normalized spacial score (nSPS) is 23.0. The van der Waals surface area contributed by atoms with Crippen molar-refractivity contribution in [1.82, 2.24) is 19.9 Å². The highest BCUT2D eigenvalue weighted by molar-refractivity contribution is 14.1. The molecule has 3 aliphatic rings. The summed E-state index contributed by atoms with van der Waals surface area (Å²) in [6.45, 7) is 3.13. The molecule has 0 amide bonds. The van der Waals surface area contributed by atoms with Gasteiger partial charge in [-0.25, -0.2) is 9.37 Å². The molecule has 0 saturated carbocycles. The number of pyridine rings is 1. The first-order valence-corrected chi connectivity index (χ1v) is 11.6. The number of hydrogen-bond acceptors (Lipinski definition) is 4. The number of imidazole rings is 1.